The molecular weight excluding hydrogens is 264 g/mol. The molecule has 106 valence electrons. The third kappa shape index (κ3) is 4.02. The van der Waals surface area contributed by atoms with Gasteiger partial charge >= 0.3 is 0 Å². The van der Waals surface area contributed by atoms with Crippen molar-refractivity contribution in [2.75, 3.05) is 47.1 Å². The van der Waals surface area contributed by atoms with Crippen LogP contribution >= 0.6 is 0 Å². The van der Waals surface area contributed by atoms with Gasteiger partial charge in [0.2, 0.25) is 17.8 Å². The lowest BCUT2D eigenvalue weighted by Crippen LogP contribution is -2.22. The van der Waals surface area contributed by atoms with Gasteiger partial charge in [-0.3, -0.25) is 4.21 Å². The summed E-state index contributed by atoms with van der Waals surface area (Å²) in [5.41, 5.74) is 5.70. The van der Waals surface area contributed by atoms with E-state index in [0.717, 1.165) is 25.9 Å². The molecule has 0 aliphatic carbocycles. The molecule has 1 fully saturated rings. The van der Waals surface area contributed by atoms with E-state index in [1.807, 2.05) is 6.92 Å². The Bertz CT molecular complexity index is 449. The van der Waals surface area contributed by atoms with Gasteiger partial charge in [0.1, 0.15) is 0 Å². The van der Waals surface area contributed by atoms with Crippen molar-refractivity contribution in [2.24, 2.45) is 0 Å². The molecule has 0 saturated carbocycles. The molecule has 0 bridgehead atoms. The van der Waals surface area contributed by atoms with E-state index >= 15 is 0 Å². The number of rotatable bonds is 6. The highest BCUT2D eigenvalue weighted by molar-refractivity contribution is 7.84. The Morgan fingerprint density at radius 1 is 1.32 bits per heavy atom. The van der Waals surface area contributed by atoms with Crippen LogP contribution in [0.2, 0.25) is 0 Å². The average Bonchev–Trinajstić information content (AvgIpc) is 2.91. The van der Waals surface area contributed by atoms with Gasteiger partial charge in [-0.2, -0.15) is 15.0 Å². The second kappa shape index (κ2) is 6.65. The molecule has 0 amide bonds. The molecule has 1 unspecified atom stereocenters. The second-order valence-corrected chi connectivity index (χ2v) is 6.24. The van der Waals surface area contributed by atoms with Crippen molar-refractivity contribution in [2.45, 2.75) is 19.8 Å². The van der Waals surface area contributed by atoms with E-state index < -0.39 is 10.8 Å². The van der Waals surface area contributed by atoms with Gasteiger partial charge in [-0.05, 0) is 12.8 Å². The molecule has 0 radical (unpaired) electrons. The van der Waals surface area contributed by atoms with Gasteiger partial charge in [0.05, 0.1) is 0 Å². The van der Waals surface area contributed by atoms with Gasteiger partial charge in [-0.25, -0.2) is 0 Å². The van der Waals surface area contributed by atoms with E-state index in [1.54, 1.807) is 0 Å². The van der Waals surface area contributed by atoms with Crippen molar-refractivity contribution in [3.8, 4) is 0 Å². The predicted octanol–water partition coefficient (Wildman–Crippen LogP) is 0.235. The summed E-state index contributed by atoms with van der Waals surface area (Å²) >= 11 is 0. The molecule has 2 rings (SSSR count). The average molecular weight is 284 g/mol. The van der Waals surface area contributed by atoms with E-state index in [9.17, 15) is 4.21 Å². The molecule has 1 aromatic rings. The molecule has 1 atom stereocenters. The zero-order chi connectivity index (χ0) is 13.7. The molecule has 19 heavy (non-hydrogen) atoms. The molecule has 8 heteroatoms. The first-order valence-electron chi connectivity index (χ1n) is 6.54. The lowest BCUT2D eigenvalue weighted by molar-refractivity contribution is 0.684. The van der Waals surface area contributed by atoms with Gasteiger partial charge in [-0.15, -0.1) is 0 Å². The number of anilines is 3. The number of nitrogens with two attached hydrogens (primary N) is 1. The van der Waals surface area contributed by atoms with Crippen LogP contribution < -0.4 is 16.0 Å². The minimum Gasteiger partial charge on any atom is -0.368 e. The molecule has 3 N–H and O–H groups in total. The molecule has 1 saturated heterocycles. The second-order valence-electron chi connectivity index (χ2n) is 4.37. The molecular formula is C11H20N6OS. The fraction of sp³-hybridized carbons (Fsp3) is 0.727. The van der Waals surface area contributed by atoms with Crippen LogP contribution in [0.25, 0.3) is 0 Å². The highest BCUT2D eigenvalue weighted by atomic mass is 32.2. The van der Waals surface area contributed by atoms with Crippen molar-refractivity contribution in [1.29, 1.82) is 0 Å². The largest absolute Gasteiger partial charge is 0.368 e. The third-order valence-electron chi connectivity index (χ3n) is 2.96. The van der Waals surface area contributed by atoms with Crippen LogP contribution in [-0.4, -0.2) is 50.3 Å². The Morgan fingerprint density at radius 2 is 2.05 bits per heavy atom. The van der Waals surface area contributed by atoms with Crippen molar-refractivity contribution in [3.63, 3.8) is 0 Å². The van der Waals surface area contributed by atoms with E-state index in [2.05, 4.69) is 25.2 Å². The highest BCUT2D eigenvalue weighted by Gasteiger charge is 2.16. The monoisotopic (exact) mass is 284 g/mol. The Kier molecular flexibility index (Phi) is 4.89. The van der Waals surface area contributed by atoms with E-state index in [0.29, 0.717) is 29.9 Å². The van der Waals surface area contributed by atoms with Crippen molar-refractivity contribution < 1.29 is 4.21 Å². The maximum absolute atomic E-state index is 11.3. The summed E-state index contributed by atoms with van der Waals surface area (Å²) in [5.74, 6) is 2.56. The smallest absolute Gasteiger partial charge is 0.231 e. The number of nitrogen functional groups attached to an aromatic ring is 1. The van der Waals surface area contributed by atoms with Crippen LogP contribution in [0, 0.1) is 0 Å². The summed E-state index contributed by atoms with van der Waals surface area (Å²) in [6, 6.07) is 0. The number of aromatic nitrogens is 3. The van der Waals surface area contributed by atoms with Crippen molar-refractivity contribution in [3.05, 3.63) is 0 Å². The summed E-state index contributed by atoms with van der Waals surface area (Å²) in [6.45, 7) is 4.40. The van der Waals surface area contributed by atoms with E-state index in [4.69, 9.17) is 5.73 Å². The molecule has 1 aromatic heterocycles. The lowest BCUT2D eigenvalue weighted by Gasteiger charge is -2.15. The van der Waals surface area contributed by atoms with Crippen LogP contribution in [0.4, 0.5) is 17.8 Å². The summed E-state index contributed by atoms with van der Waals surface area (Å²) in [7, 11) is -0.789. The maximum atomic E-state index is 11.3. The number of nitrogens with zero attached hydrogens (tertiary/aromatic N) is 4. The van der Waals surface area contributed by atoms with Crippen LogP contribution in [0.1, 0.15) is 19.8 Å². The molecule has 7 nitrogen and oxygen atoms in total. The highest BCUT2D eigenvalue weighted by Crippen LogP contribution is 2.17. The summed E-state index contributed by atoms with van der Waals surface area (Å²) in [5, 5.41) is 3.05. The minimum atomic E-state index is -0.789. The Balaban J connectivity index is 1.98. The summed E-state index contributed by atoms with van der Waals surface area (Å²) < 4.78 is 11.3. The normalized spacial score (nSPS) is 16.6. The summed E-state index contributed by atoms with van der Waals surface area (Å²) in [6.07, 6.45) is 2.31. The topological polar surface area (TPSA) is 97.0 Å². The molecule has 0 spiro atoms. The fourth-order valence-corrected chi connectivity index (χ4v) is 2.56. The van der Waals surface area contributed by atoms with Gasteiger partial charge in [0, 0.05) is 41.9 Å². The fourth-order valence-electron chi connectivity index (χ4n) is 1.94. The number of nitrogens with one attached hydrogen (secondary N) is 1. The van der Waals surface area contributed by atoms with Gasteiger partial charge in [-0.1, -0.05) is 6.92 Å². The molecule has 2 heterocycles. The van der Waals surface area contributed by atoms with Crippen LogP contribution in [0.15, 0.2) is 0 Å². The zero-order valence-electron chi connectivity index (χ0n) is 11.1. The first-order chi connectivity index (χ1) is 9.19. The lowest BCUT2D eigenvalue weighted by atomic mass is 10.4. The predicted molar refractivity (Wildman–Crippen MR) is 77.7 cm³/mol. The van der Waals surface area contributed by atoms with Crippen molar-refractivity contribution >= 4 is 28.6 Å². The first kappa shape index (κ1) is 14.0. The van der Waals surface area contributed by atoms with Crippen LogP contribution in [0.5, 0.6) is 0 Å². The van der Waals surface area contributed by atoms with Crippen molar-refractivity contribution in [1.82, 2.24) is 15.0 Å². The zero-order valence-corrected chi connectivity index (χ0v) is 11.9. The van der Waals surface area contributed by atoms with Gasteiger partial charge in [0.15, 0.2) is 0 Å². The van der Waals surface area contributed by atoms with Gasteiger partial charge in [0.25, 0.3) is 0 Å². The van der Waals surface area contributed by atoms with E-state index in [1.165, 1.54) is 0 Å². The standard InChI is InChI=1S/C11H20N6OS/c1-2-19(18)8-5-13-10-14-9(12)15-11(16-10)17-6-3-4-7-17/h2-8H2,1H3,(H3,12,13,14,15,16). The quantitative estimate of drug-likeness (QED) is 0.772. The Morgan fingerprint density at radius 3 is 2.74 bits per heavy atom. The molecule has 1 aliphatic heterocycles. The number of hydrogen-bond acceptors (Lipinski definition) is 7. The Hall–Kier alpha value is -1.44. The van der Waals surface area contributed by atoms with E-state index in [-0.39, 0.29) is 5.95 Å². The Labute approximate surface area is 115 Å². The third-order valence-corrected chi connectivity index (χ3v) is 4.27. The molecule has 0 aromatic carbocycles. The van der Waals surface area contributed by atoms with Crippen LogP contribution in [-0.2, 0) is 10.8 Å². The van der Waals surface area contributed by atoms with Crippen LogP contribution in [0.3, 0.4) is 0 Å². The minimum absolute atomic E-state index is 0.219. The SMILES string of the molecule is CCS(=O)CCNc1nc(N)nc(N2CCCC2)n1. The number of hydrogen-bond donors (Lipinski definition) is 2. The first-order valence-corrected chi connectivity index (χ1v) is 8.03. The maximum Gasteiger partial charge on any atom is 0.231 e. The summed E-state index contributed by atoms with van der Waals surface area (Å²) in [4.78, 5) is 14.7. The molecule has 1 aliphatic rings. The van der Waals surface area contributed by atoms with Gasteiger partial charge < -0.3 is 16.0 Å².